The van der Waals surface area contributed by atoms with Gasteiger partial charge in [-0.1, -0.05) is 11.6 Å². The van der Waals surface area contributed by atoms with E-state index in [9.17, 15) is 0 Å². The molecule has 2 aromatic heterocycles. The lowest BCUT2D eigenvalue weighted by Crippen LogP contribution is -1.84. The number of imidazole rings is 1. The van der Waals surface area contributed by atoms with Gasteiger partial charge in [0.2, 0.25) is 0 Å². The van der Waals surface area contributed by atoms with E-state index in [0.29, 0.717) is 5.15 Å². The van der Waals surface area contributed by atoms with Crippen LogP contribution >= 0.6 is 27.5 Å². The largest absolute Gasteiger partial charge is 0.289 e. The van der Waals surface area contributed by atoms with Crippen molar-refractivity contribution in [2.45, 2.75) is 0 Å². The average molecular weight is 231 g/mol. The molecule has 0 amide bonds. The van der Waals surface area contributed by atoms with Crippen LogP contribution < -0.4 is 0 Å². The normalized spacial score (nSPS) is 10.7. The summed E-state index contributed by atoms with van der Waals surface area (Å²) in [6.45, 7) is 0. The molecule has 0 saturated heterocycles. The Kier molecular flexibility index (Phi) is 1.62. The van der Waals surface area contributed by atoms with Crippen LogP contribution in [0.5, 0.6) is 0 Å². The first-order valence-corrected chi connectivity index (χ1v) is 4.23. The monoisotopic (exact) mass is 230 g/mol. The Hall–Kier alpha value is -0.540. The minimum absolute atomic E-state index is 0.653. The maximum atomic E-state index is 5.94. The van der Waals surface area contributed by atoms with Gasteiger partial charge in [-0.3, -0.25) is 4.40 Å². The molecule has 0 unspecified atom stereocenters. The Morgan fingerprint density at radius 2 is 2.27 bits per heavy atom. The summed E-state index contributed by atoms with van der Waals surface area (Å²) in [6, 6.07) is 3.78. The maximum Gasteiger partial charge on any atom is 0.137 e. The highest BCUT2D eigenvalue weighted by Crippen LogP contribution is 2.22. The van der Waals surface area contributed by atoms with Gasteiger partial charge in [0.05, 0.1) is 4.47 Å². The zero-order valence-electron chi connectivity index (χ0n) is 5.46. The van der Waals surface area contributed by atoms with Crippen molar-refractivity contribution in [1.29, 1.82) is 0 Å². The number of fused-ring (bicyclic) bond motifs is 1. The van der Waals surface area contributed by atoms with Gasteiger partial charge < -0.3 is 0 Å². The number of nitrogens with zero attached hydrogens (tertiary/aromatic N) is 2. The summed E-state index contributed by atoms with van der Waals surface area (Å²) in [5.74, 6) is 0. The van der Waals surface area contributed by atoms with Gasteiger partial charge >= 0.3 is 0 Å². The summed E-state index contributed by atoms with van der Waals surface area (Å²) in [5, 5.41) is 0.653. The third-order valence-corrected chi connectivity index (χ3v) is 2.71. The van der Waals surface area contributed by atoms with Gasteiger partial charge in [-0.15, -0.1) is 0 Å². The third-order valence-electron chi connectivity index (χ3n) is 1.46. The molecule has 0 fully saturated rings. The second kappa shape index (κ2) is 2.50. The minimum Gasteiger partial charge on any atom is -0.289 e. The Morgan fingerprint density at radius 1 is 1.45 bits per heavy atom. The summed E-state index contributed by atoms with van der Waals surface area (Å²) in [4.78, 5) is 4.08. The molecule has 2 aromatic rings. The molecule has 0 saturated carbocycles. The molecule has 56 valence electrons. The van der Waals surface area contributed by atoms with E-state index in [-0.39, 0.29) is 0 Å². The lowest BCUT2D eigenvalue weighted by molar-refractivity contribution is 1.17. The van der Waals surface area contributed by atoms with Crippen molar-refractivity contribution < 1.29 is 0 Å². The van der Waals surface area contributed by atoms with Crippen molar-refractivity contribution in [1.82, 2.24) is 9.38 Å². The van der Waals surface area contributed by atoms with Gasteiger partial charge in [-0.2, -0.15) is 0 Å². The molecule has 0 aliphatic heterocycles. The highest BCUT2D eigenvalue weighted by Gasteiger charge is 2.01. The zero-order chi connectivity index (χ0) is 7.84. The van der Waals surface area contributed by atoms with Crippen molar-refractivity contribution in [3.63, 3.8) is 0 Å². The van der Waals surface area contributed by atoms with E-state index in [4.69, 9.17) is 11.6 Å². The molecule has 0 aliphatic rings. The Labute approximate surface area is 76.9 Å². The van der Waals surface area contributed by atoms with E-state index in [1.54, 1.807) is 6.20 Å². The van der Waals surface area contributed by atoms with Crippen molar-refractivity contribution in [3.05, 3.63) is 34.2 Å². The molecule has 2 heterocycles. The molecule has 4 heteroatoms. The van der Waals surface area contributed by atoms with Gasteiger partial charge in [0.15, 0.2) is 0 Å². The number of halogens is 2. The van der Waals surface area contributed by atoms with Crippen LogP contribution in [0.15, 0.2) is 29.0 Å². The Balaban J connectivity index is 2.93. The van der Waals surface area contributed by atoms with Crippen LogP contribution in [0.3, 0.4) is 0 Å². The molecule has 0 atom stereocenters. The van der Waals surface area contributed by atoms with Crippen molar-refractivity contribution >= 4 is 33.2 Å². The van der Waals surface area contributed by atoms with Crippen LogP contribution in [0.25, 0.3) is 5.65 Å². The van der Waals surface area contributed by atoms with Crippen LogP contribution in [-0.2, 0) is 0 Å². The lowest BCUT2D eigenvalue weighted by Gasteiger charge is -1.98. The standard InChI is InChI=1S/C7H4BrClN2/c8-5-1-2-6-10-3-4-11(6)7(5)9/h1-4H. The average Bonchev–Trinajstić information content (AvgIpc) is 2.45. The van der Waals surface area contributed by atoms with Crippen LogP contribution in [0.2, 0.25) is 5.15 Å². The van der Waals surface area contributed by atoms with Gasteiger partial charge in [0.1, 0.15) is 10.8 Å². The quantitative estimate of drug-likeness (QED) is 0.637. The molecular formula is C7H4BrClN2. The summed E-state index contributed by atoms with van der Waals surface area (Å²) < 4.78 is 2.69. The highest BCUT2D eigenvalue weighted by molar-refractivity contribution is 9.10. The lowest BCUT2D eigenvalue weighted by atomic mass is 10.5. The third kappa shape index (κ3) is 1.04. The van der Waals surface area contributed by atoms with Gasteiger partial charge in [0.25, 0.3) is 0 Å². The van der Waals surface area contributed by atoms with E-state index in [1.807, 2.05) is 22.7 Å². The number of pyridine rings is 1. The molecule has 0 aliphatic carbocycles. The molecule has 0 bridgehead atoms. The van der Waals surface area contributed by atoms with E-state index < -0.39 is 0 Å². The van der Waals surface area contributed by atoms with E-state index >= 15 is 0 Å². The Morgan fingerprint density at radius 3 is 3.09 bits per heavy atom. The van der Waals surface area contributed by atoms with Crippen LogP contribution in [0.1, 0.15) is 0 Å². The SMILES string of the molecule is Clc1c(Br)ccc2nccn12. The van der Waals surface area contributed by atoms with E-state index in [1.165, 1.54) is 0 Å². The number of hydrogen-bond acceptors (Lipinski definition) is 1. The first kappa shape index (κ1) is 7.13. The number of rotatable bonds is 0. The van der Waals surface area contributed by atoms with Gasteiger partial charge in [0, 0.05) is 12.4 Å². The zero-order valence-corrected chi connectivity index (χ0v) is 7.80. The molecule has 0 aromatic carbocycles. The van der Waals surface area contributed by atoms with Crippen molar-refractivity contribution in [2.24, 2.45) is 0 Å². The van der Waals surface area contributed by atoms with Crippen LogP contribution in [-0.4, -0.2) is 9.38 Å². The minimum atomic E-state index is 0.653. The first-order valence-electron chi connectivity index (χ1n) is 3.06. The molecule has 0 radical (unpaired) electrons. The summed E-state index contributed by atoms with van der Waals surface area (Å²) >= 11 is 9.26. The topological polar surface area (TPSA) is 17.3 Å². The predicted octanol–water partition coefficient (Wildman–Crippen LogP) is 2.75. The van der Waals surface area contributed by atoms with Crippen LogP contribution in [0.4, 0.5) is 0 Å². The van der Waals surface area contributed by atoms with Crippen molar-refractivity contribution in [2.75, 3.05) is 0 Å². The molecule has 2 rings (SSSR count). The molecule has 2 nitrogen and oxygen atoms in total. The fourth-order valence-electron chi connectivity index (χ4n) is 0.936. The summed E-state index contributed by atoms with van der Waals surface area (Å²) in [5.41, 5.74) is 0.859. The second-order valence-electron chi connectivity index (χ2n) is 2.13. The fraction of sp³-hybridized carbons (Fsp3) is 0. The Bertz CT molecular complexity index is 396. The predicted molar refractivity (Wildman–Crippen MR) is 47.9 cm³/mol. The molecular weight excluding hydrogens is 227 g/mol. The van der Waals surface area contributed by atoms with Crippen LogP contribution in [0, 0.1) is 0 Å². The first-order chi connectivity index (χ1) is 5.29. The fourth-order valence-corrected chi connectivity index (χ4v) is 1.46. The summed E-state index contributed by atoms with van der Waals surface area (Å²) in [6.07, 6.45) is 3.54. The van der Waals surface area contributed by atoms with E-state index in [2.05, 4.69) is 20.9 Å². The number of aromatic nitrogens is 2. The second-order valence-corrected chi connectivity index (χ2v) is 3.34. The smallest absolute Gasteiger partial charge is 0.137 e. The van der Waals surface area contributed by atoms with Gasteiger partial charge in [-0.05, 0) is 28.1 Å². The molecule has 0 N–H and O–H groups in total. The molecule has 0 spiro atoms. The van der Waals surface area contributed by atoms with E-state index in [0.717, 1.165) is 10.1 Å². The number of hydrogen-bond donors (Lipinski definition) is 0. The highest BCUT2D eigenvalue weighted by atomic mass is 79.9. The van der Waals surface area contributed by atoms with Crippen molar-refractivity contribution in [3.8, 4) is 0 Å². The summed E-state index contributed by atoms with van der Waals surface area (Å²) in [7, 11) is 0. The molecule has 11 heavy (non-hydrogen) atoms. The maximum absolute atomic E-state index is 5.94. The van der Waals surface area contributed by atoms with Gasteiger partial charge in [-0.25, -0.2) is 4.98 Å².